The number of hydrazine groups is 1. The summed E-state index contributed by atoms with van der Waals surface area (Å²) in [5.74, 6) is 4.00. The number of anilines is 1. The Morgan fingerprint density at radius 3 is 2.79 bits per heavy atom. The van der Waals surface area contributed by atoms with E-state index >= 15 is 0 Å². The SMILES string of the molecule is Cc1ccc([N+](=O)[O-])cc1N/N=C(\C#N)C(=O)NN. The molecule has 98 valence electrons. The van der Waals surface area contributed by atoms with E-state index in [9.17, 15) is 14.9 Å². The Balaban J connectivity index is 3.03. The lowest BCUT2D eigenvalue weighted by Crippen LogP contribution is -2.36. The third-order valence-electron chi connectivity index (χ3n) is 2.17. The first-order valence-corrected chi connectivity index (χ1v) is 4.99. The number of benzene rings is 1. The van der Waals surface area contributed by atoms with Crippen molar-refractivity contribution < 1.29 is 9.72 Å². The van der Waals surface area contributed by atoms with E-state index in [2.05, 4.69) is 10.5 Å². The quantitative estimate of drug-likeness (QED) is 0.232. The number of nitrogens with zero attached hydrogens (tertiary/aromatic N) is 3. The molecule has 1 amide bonds. The number of rotatable bonds is 4. The van der Waals surface area contributed by atoms with Crippen LogP contribution in [0.2, 0.25) is 0 Å². The van der Waals surface area contributed by atoms with Crippen molar-refractivity contribution in [1.82, 2.24) is 5.43 Å². The average molecular weight is 262 g/mol. The standard InChI is InChI=1S/C10H10N6O3/c1-6-2-3-7(16(18)19)4-8(6)14-15-9(5-11)10(17)13-12/h2-4,14H,12H2,1H3,(H,13,17)/b15-9+. The molecule has 0 saturated carbocycles. The molecule has 0 fully saturated rings. The van der Waals surface area contributed by atoms with Gasteiger partial charge in [0.2, 0.25) is 5.71 Å². The van der Waals surface area contributed by atoms with Crippen LogP contribution in [0.5, 0.6) is 0 Å². The summed E-state index contributed by atoms with van der Waals surface area (Å²) in [4.78, 5) is 21.1. The van der Waals surface area contributed by atoms with E-state index < -0.39 is 16.5 Å². The van der Waals surface area contributed by atoms with Gasteiger partial charge >= 0.3 is 0 Å². The zero-order valence-electron chi connectivity index (χ0n) is 9.88. The smallest absolute Gasteiger partial charge is 0.288 e. The van der Waals surface area contributed by atoms with Gasteiger partial charge in [-0.15, -0.1) is 0 Å². The lowest BCUT2D eigenvalue weighted by atomic mass is 10.2. The van der Waals surface area contributed by atoms with E-state index in [1.54, 1.807) is 18.4 Å². The Bertz CT molecular complexity index is 589. The van der Waals surface area contributed by atoms with E-state index in [1.165, 1.54) is 18.2 Å². The molecule has 9 nitrogen and oxygen atoms in total. The molecular weight excluding hydrogens is 252 g/mol. The lowest BCUT2D eigenvalue weighted by molar-refractivity contribution is -0.384. The fourth-order valence-corrected chi connectivity index (χ4v) is 1.16. The van der Waals surface area contributed by atoms with Gasteiger partial charge in [0, 0.05) is 12.1 Å². The second-order valence-electron chi connectivity index (χ2n) is 3.41. The van der Waals surface area contributed by atoms with Crippen LogP contribution in [0, 0.1) is 28.4 Å². The van der Waals surface area contributed by atoms with Gasteiger partial charge in [0.05, 0.1) is 10.6 Å². The van der Waals surface area contributed by atoms with Crippen molar-refractivity contribution in [2.75, 3.05) is 5.43 Å². The Kier molecular flexibility index (Phi) is 4.50. The summed E-state index contributed by atoms with van der Waals surface area (Å²) in [5.41, 5.74) is 4.53. The molecule has 0 unspecified atom stereocenters. The molecule has 4 N–H and O–H groups in total. The average Bonchev–Trinajstić information content (AvgIpc) is 2.40. The third-order valence-corrected chi connectivity index (χ3v) is 2.17. The number of hydrazone groups is 1. The lowest BCUT2D eigenvalue weighted by Gasteiger charge is -2.04. The Hall–Kier alpha value is -2.99. The van der Waals surface area contributed by atoms with Crippen molar-refractivity contribution >= 4 is 23.0 Å². The highest BCUT2D eigenvalue weighted by molar-refractivity contribution is 6.45. The highest BCUT2D eigenvalue weighted by atomic mass is 16.6. The summed E-state index contributed by atoms with van der Waals surface area (Å²) in [6.45, 7) is 1.69. The van der Waals surface area contributed by atoms with Crippen molar-refractivity contribution in [3.8, 4) is 6.07 Å². The molecule has 9 heteroatoms. The number of nitrogens with two attached hydrogens (primary N) is 1. The maximum atomic E-state index is 11.1. The van der Waals surface area contributed by atoms with Crippen molar-refractivity contribution in [2.45, 2.75) is 6.92 Å². The van der Waals surface area contributed by atoms with Gasteiger partial charge in [-0.2, -0.15) is 10.4 Å². The molecule has 0 atom stereocenters. The monoisotopic (exact) mass is 262 g/mol. The molecule has 1 aromatic rings. The van der Waals surface area contributed by atoms with Crippen molar-refractivity contribution in [1.29, 1.82) is 5.26 Å². The molecular formula is C10H10N6O3. The number of amides is 1. The zero-order valence-corrected chi connectivity index (χ0v) is 9.88. The summed E-state index contributed by atoms with van der Waals surface area (Å²) in [6.07, 6.45) is 0. The van der Waals surface area contributed by atoms with Crippen LogP contribution in [0.1, 0.15) is 5.56 Å². The van der Waals surface area contributed by atoms with Gasteiger partial charge in [-0.05, 0) is 12.5 Å². The Morgan fingerprint density at radius 2 is 2.26 bits per heavy atom. The molecule has 0 spiro atoms. The van der Waals surface area contributed by atoms with E-state index in [4.69, 9.17) is 11.1 Å². The fourth-order valence-electron chi connectivity index (χ4n) is 1.16. The van der Waals surface area contributed by atoms with Crippen LogP contribution < -0.4 is 16.7 Å². The predicted molar refractivity (Wildman–Crippen MR) is 66.8 cm³/mol. The van der Waals surface area contributed by atoms with Gasteiger partial charge in [0.1, 0.15) is 6.07 Å². The molecule has 0 saturated heterocycles. The van der Waals surface area contributed by atoms with Gasteiger partial charge in [0.25, 0.3) is 11.6 Å². The topological polar surface area (TPSA) is 146 Å². The van der Waals surface area contributed by atoms with Crippen molar-refractivity contribution in [3.63, 3.8) is 0 Å². The Labute approximate surface area is 107 Å². The number of carbonyl (C=O) groups is 1. The minimum atomic E-state index is -0.863. The first kappa shape index (κ1) is 14.1. The second kappa shape index (κ2) is 6.08. The number of nitro benzene ring substituents is 1. The van der Waals surface area contributed by atoms with E-state index in [-0.39, 0.29) is 5.69 Å². The number of carbonyl (C=O) groups excluding carboxylic acids is 1. The maximum absolute atomic E-state index is 11.1. The van der Waals surface area contributed by atoms with Crippen LogP contribution in [-0.4, -0.2) is 16.5 Å². The van der Waals surface area contributed by atoms with Gasteiger partial charge in [-0.25, -0.2) is 5.84 Å². The van der Waals surface area contributed by atoms with Gasteiger partial charge in [-0.1, -0.05) is 6.07 Å². The maximum Gasteiger partial charge on any atom is 0.296 e. The molecule has 0 aliphatic carbocycles. The number of non-ortho nitro benzene ring substituents is 1. The van der Waals surface area contributed by atoms with Crippen molar-refractivity contribution in [3.05, 3.63) is 33.9 Å². The molecule has 0 radical (unpaired) electrons. The minimum absolute atomic E-state index is 0.134. The number of nitrogens with one attached hydrogen (secondary N) is 2. The summed E-state index contributed by atoms with van der Waals surface area (Å²) in [5, 5.41) is 22.8. The summed E-state index contributed by atoms with van der Waals surface area (Å²) < 4.78 is 0. The molecule has 0 aliphatic heterocycles. The predicted octanol–water partition coefficient (Wildman–Crippen LogP) is 0.185. The zero-order chi connectivity index (χ0) is 14.4. The van der Waals surface area contributed by atoms with Crippen LogP contribution in [0.3, 0.4) is 0 Å². The molecule has 0 aliphatic rings. The van der Waals surface area contributed by atoms with Gasteiger partial charge in [0.15, 0.2) is 0 Å². The third kappa shape index (κ3) is 3.48. The molecule has 19 heavy (non-hydrogen) atoms. The number of hydrogen-bond acceptors (Lipinski definition) is 7. The number of aryl methyl sites for hydroxylation is 1. The normalized spacial score (nSPS) is 10.5. The van der Waals surface area contributed by atoms with E-state index in [0.29, 0.717) is 11.3 Å². The molecule has 1 aromatic carbocycles. The van der Waals surface area contributed by atoms with Crippen LogP contribution in [-0.2, 0) is 4.79 Å². The van der Waals surface area contributed by atoms with Crippen molar-refractivity contribution in [2.24, 2.45) is 10.9 Å². The summed E-state index contributed by atoms with van der Waals surface area (Å²) >= 11 is 0. The molecule has 0 heterocycles. The number of nitro groups is 1. The van der Waals surface area contributed by atoms with Crippen LogP contribution in [0.25, 0.3) is 0 Å². The van der Waals surface area contributed by atoms with Crippen LogP contribution in [0.15, 0.2) is 23.3 Å². The van der Waals surface area contributed by atoms with E-state index in [1.807, 2.05) is 0 Å². The van der Waals surface area contributed by atoms with Gasteiger partial charge < -0.3 is 0 Å². The summed E-state index contributed by atoms with van der Waals surface area (Å²) in [7, 11) is 0. The Morgan fingerprint density at radius 1 is 1.58 bits per heavy atom. The molecule has 0 aromatic heterocycles. The van der Waals surface area contributed by atoms with Crippen LogP contribution in [0.4, 0.5) is 11.4 Å². The first-order chi connectivity index (χ1) is 8.99. The highest BCUT2D eigenvalue weighted by Crippen LogP contribution is 2.21. The highest BCUT2D eigenvalue weighted by Gasteiger charge is 2.11. The fraction of sp³-hybridized carbons (Fsp3) is 0.100. The summed E-state index contributed by atoms with van der Waals surface area (Å²) in [6, 6.07) is 5.64. The molecule has 0 bridgehead atoms. The molecule has 1 rings (SSSR count). The second-order valence-corrected chi connectivity index (χ2v) is 3.41. The number of nitriles is 1. The van der Waals surface area contributed by atoms with E-state index in [0.717, 1.165) is 0 Å². The number of hydrogen-bond donors (Lipinski definition) is 3. The minimum Gasteiger partial charge on any atom is -0.288 e. The van der Waals surface area contributed by atoms with Crippen LogP contribution >= 0.6 is 0 Å². The first-order valence-electron chi connectivity index (χ1n) is 4.99. The largest absolute Gasteiger partial charge is 0.296 e. The van der Waals surface area contributed by atoms with Gasteiger partial charge in [-0.3, -0.25) is 25.8 Å².